The molecule has 0 aliphatic carbocycles. The van der Waals surface area contributed by atoms with Gasteiger partial charge >= 0.3 is 0 Å². The Morgan fingerprint density at radius 3 is 1.92 bits per heavy atom. The molecule has 1 rings (SSSR count). The molecule has 1 aliphatic rings. The van der Waals surface area contributed by atoms with Gasteiger partial charge in [0.2, 0.25) is 0 Å². The average molecular weight is 176 g/mol. The molecule has 0 spiro atoms. The van der Waals surface area contributed by atoms with Gasteiger partial charge in [-0.3, -0.25) is 0 Å². The molecule has 1 saturated heterocycles. The molecule has 0 unspecified atom stereocenters. The Hall–Kier alpha value is -0.160. The Bertz CT molecular complexity index is 116. The summed E-state index contributed by atoms with van der Waals surface area (Å²) in [6.07, 6.45) is 0.830. The van der Waals surface area contributed by atoms with E-state index < -0.39 is 0 Å². The minimum Gasteiger partial charge on any atom is -0.394 e. The number of rotatable bonds is 4. The molecule has 2 N–H and O–H groups in total. The molecular weight excluding hydrogens is 160 g/mol. The second-order valence-corrected chi connectivity index (χ2v) is 2.93. The fourth-order valence-electron chi connectivity index (χ4n) is 1.29. The lowest BCUT2D eigenvalue weighted by atomic mass is 10.2. The molecule has 4 heteroatoms. The van der Waals surface area contributed by atoms with Gasteiger partial charge in [-0.15, -0.1) is 0 Å². The first kappa shape index (κ1) is 9.92. The first-order chi connectivity index (χ1) is 5.81. The van der Waals surface area contributed by atoms with Gasteiger partial charge in [-0.25, -0.2) is 0 Å². The second kappa shape index (κ2) is 4.77. The summed E-state index contributed by atoms with van der Waals surface area (Å²) in [5.41, 5.74) is 0. The Balaban J connectivity index is 2.36. The molecule has 72 valence electrons. The van der Waals surface area contributed by atoms with Crippen molar-refractivity contribution in [2.45, 2.75) is 38.3 Å². The highest BCUT2D eigenvalue weighted by atomic mass is 16.7. The van der Waals surface area contributed by atoms with Crippen LogP contribution < -0.4 is 0 Å². The topological polar surface area (TPSA) is 58.9 Å². The van der Waals surface area contributed by atoms with Gasteiger partial charge in [-0.2, -0.15) is 0 Å². The number of hydrogen-bond donors (Lipinski definition) is 2. The van der Waals surface area contributed by atoms with Gasteiger partial charge in [0, 0.05) is 0 Å². The van der Waals surface area contributed by atoms with Gasteiger partial charge in [0.15, 0.2) is 6.29 Å². The van der Waals surface area contributed by atoms with Gasteiger partial charge in [0.1, 0.15) is 12.2 Å². The van der Waals surface area contributed by atoms with Crippen molar-refractivity contribution in [2.75, 3.05) is 13.2 Å². The van der Waals surface area contributed by atoms with E-state index in [4.69, 9.17) is 19.7 Å². The maximum atomic E-state index is 8.84. The third-order valence-corrected chi connectivity index (χ3v) is 1.95. The standard InChI is InChI=1S/C8H16O4/c1-2-3-8-11-6(4-9)7(5-10)12-8/h6-10H,2-5H2,1H3/t6-,7-/m1/s1. The monoisotopic (exact) mass is 176 g/mol. The van der Waals surface area contributed by atoms with Crippen molar-refractivity contribution in [2.24, 2.45) is 0 Å². The van der Waals surface area contributed by atoms with E-state index in [1.165, 1.54) is 0 Å². The van der Waals surface area contributed by atoms with E-state index in [-0.39, 0.29) is 31.7 Å². The van der Waals surface area contributed by atoms with Crippen molar-refractivity contribution in [1.29, 1.82) is 0 Å². The molecule has 0 aromatic heterocycles. The molecule has 2 atom stereocenters. The highest BCUT2D eigenvalue weighted by molar-refractivity contribution is 4.75. The zero-order valence-electron chi connectivity index (χ0n) is 7.27. The first-order valence-corrected chi connectivity index (χ1v) is 4.34. The minimum atomic E-state index is -0.355. The Labute approximate surface area is 72.1 Å². The van der Waals surface area contributed by atoms with Crippen LogP contribution in [0.4, 0.5) is 0 Å². The molecule has 1 aliphatic heterocycles. The number of ether oxygens (including phenoxy) is 2. The lowest BCUT2D eigenvalue weighted by Crippen LogP contribution is -2.29. The lowest BCUT2D eigenvalue weighted by molar-refractivity contribution is -0.0783. The van der Waals surface area contributed by atoms with E-state index >= 15 is 0 Å². The van der Waals surface area contributed by atoms with E-state index in [1.807, 2.05) is 6.92 Å². The van der Waals surface area contributed by atoms with Crippen molar-refractivity contribution < 1.29 is 19.7 Å². The molecular formula is C8H16O4. The largest absolute Gasteiger partial charge is 0.394 e. The van der Waals surface area contributed by atoms with Crippen molar-refractivity contribution in [3.63, 3.8) is 0 Å². The summed E-state index contributed by atoms with van der Waals surface area (Å²) in [5.74, 6) is 0. The molecule has 4 nitrogen and oxygen atoms in total. The van der Waals surface area contributed by atoms with E-state index in [2.05, 4.69) is 0 Å². The fraction of sp³-hybridized carbons (Fsp3) is 1.00. The van der Waals surface area contributed by atoms with Gasteiger partial charge in [0.25, 0.3) is 0 Å². The lowest BCUT2D eigenvalue weighted by Gasteiger charge is -2.09. The molecule has 0 aromatic rings. The maximum absolute atomic E-state index is 8.84. The third-order valence-electron chi connectivity index (χ3n) is 1.95. The first-order valence-electron chi connectivity index (χ1n) is 4.34. The summed E-state index contributed by atoms with van der Waals surface area (Å²) in [5, 5.41) is 17.7. The van der Waals surface area contributed by atoms with Crippen molar-refractivity contribution >= 4 is 0 Å². The van der Waals surface area contributed by atoms with Gasteiger partial charge < -0.3 is 19.7 Å². The van der Waals surface area contributed by atoms with Crippen molar-refractivity contribution in [3.05, 3.63) is 0 Å². The normalized spacial score (nSPS) is 31.2. The summed E-state index contributed by atoms with van der Waals surface area (Å²) < 4.78 is 10.6. The maximum Gasteiger partial charge on any atom is 0.158 e. The molecule has 0 radical (unpaired) electrons. The summed E-state index contributed by atoms with van der Waals surface area (Å²) in [4.78, 5) is 0. The van der Waals surface area contributed by atoms with Crippen LogP contribution in [-0.4, -0.2) is 41.9 Å². The quantitative estimate of drug-likeness (QED) is 0.627. The number of aliphatic hydroxyl groups is 2. The van der Waals surface area contributed by atoms with Gasteiger partial charge in [-0.05, 0) is 6.42 Å². The van der Waals surface area contributed by atoms with Crippen LogP contribution in [0.1, 0.15) is 19.8 Å². The van der Waals surface area contributed by atoms with Crippen LogP contribution in [0.5, 0.6) is 0 Å². The summed E-state index contributed by atoms with van der Waals surface area (Å²) in [6.45, 7) is 1.85. The molecule has 12 heavy (non-hydrogen) atoms. The summed E-state index contributed by atoms with van der Waals surface area (Å²) in [7, 11) is 0. The molecule has 0 saturated carbocycles. The Morgan fingerprint density at radius 1 is 1.08 bits per heavy atom. The van der Waals surface area contributed by atoms with E-state index in [0.29, 0.717) is 0 Å². The third kappa shape index (κ3) is 2.17. The van der Waals surface area contributed by atoms with Crippen LogP contribution in [0, 0.1) is 0 Å². The summed E-state index contributed by atoms with van der Waals surface area (Å²) in [6, 6.07) is 0. The smallest absolute Gasteiger partial charge is 0.158 e. The van der Waals surface area contributed by atoms with Crippen LogP contribution >= 0.6 is 0 Å². The molecule has 0 bridgehead atoms. The van der Waals surface area contributed by atoms with E-state index in [1.54, 1.807) is 0 Å². The second-order valence-electron chi connectivity index (χ2n) is 2.93. The zero-order valence-corrected chi connectivity index (χ0v) is 7.27. The molecule has 0 aromatic carbocycles. The Kier molecular flexibility index (Phi) is 3.94. The molecule has 1 heterocycles. The van der Waals surface area contributed by atoms with E-state index in [9.17, 15) is 0 Å². The zero-order chi connectivity index (χ0) is 8.97. The van der Waals surface area contributed by atoms with Crippen LogP contribution in [0.2, 0.25) is 0 Å². The van der Waals surface area contributed by atoms with Gasteiger partial charge in [0.05, 0.1) is 13.2 Å². The van der Waals surface area contributed by atoms with Crippen molar-refractivity contribution in [1.82, 2.24) is 0 Å². The molecule has 1 fully saturated rings. The highest BCUT2D eigenvalue weighted by Crippen LogP contribution is 2.21. The van der Waals surface area contributed by atoms with Gasteiger partial charge in [-0.1, -0.05) is 13.3 Å². The van der Waals surface area contributed by atoms with Crippen LogP contribution in [0.15, 0.2) is 0 Å². The SMILES string of the molecule is CCCC1O[C@H](CO)[C@@H](CO)O1. The average Bonchev–Trinajstić information content (AvgIpc) is 2.48. The van der Waals surface area contributed by atoms with Crippen LogP contribution in [-0.2, 0) is 9.47 Å². The highest BCUT2D eigenvalue weighted by Gasteiger charge is 2.34. The molecule has 0 amide bonds. The predicted molar refractivity (Wildman–Crippen MR) is 42.6 cm³/mol. The number of hydrogen-bond acceptors (Lipinski definition) is 4. The van der Waals surface area contributed by atoms with Crippen molar-refractivity contribution in [3.8, 4) is 0 Å². The fourth-order valence-corrected chi connectivity index (χ4v) is 1.29. The van der Waals surface area contributed by atoms with Crippen LogP contribution in [0.3, 0.4) is 0 Å². The predicted octanol–water partition coefficient (Wildman–Crippen LogP) is -0.119. The number of aliphatic hydroxyl groups excluding tert-OH is 2. The Morgan fingerprint density at radius 2 is 1.58 bits per heavy atom. The minimum absolute atomic E-state index is 0.0918. The summed E-state index contributed by atoms with van der Waals surface area (Å²) >= 11 is 0. The van der Waals surface area contributed by atoms with Crippen LogP contribution in [0.25, 0.3) is 0 Å². The van der Waals surface area contributed by atoms with E-state index in [0.717, 1.165) is 12.8 Å².